The molecule has 3 rings (SSSR count). The van der Waals surface area contributed by atoms with Gasteiger partial charge in [-0.1, -0.05) is 12.1 Å². The number of nitrogens with zero attached hydrogens (tertiary/aromatic N) is 2. The second-order valence-corrected chi connectivity index (χ2v) is 5.20. The lowest BCUT2D eigenvalue weighted by Gasteiger charge is -2.13. The molecule has 7 heteroatoms. The third-order valence-electron chi connectivity index (χ3n) is 3.55. The number of hydrogen-bond acceptors (Lipinski definition) is 6. The van der Waals surface area contributed by atoms with Crippen LogP contribution in [0.2, 0.25) is 0 Å². The zero-order chi connectivity index (χ0) is 17.8. The van der Waals surface area contributed by atoms with Crippen LogP contribution in [0.15, 0.2) is 46.9 Å². The van der Waals surface area contributed by atoms with E-state index in [9.17, 15) is 4.79 Å². The minimum Gasteiger partial charge on any atom is -0.496 e. The molecule has 0 radical (unpaired) electrons. The van der Waals surface area contributed by atoms with Crippen molar-refractivity contribution in [3.05, 3.63) is 53.9 Å². The molecule has 0 saturated heterocycles. The van der Waals surface area contributed by atoms with Crippen LogP contribution in [-0.4, -0.2) is 30.3 Å². The first-order valence-electron chi connectivity index (χ1n) is 7.55. The topological polar surface area (TPSA) is 86.5 Å². The van der Waals surface area contributed by atoms with Crippen molar-refractivity contribution in [1.29, 1.82) is 0 Å². The molecular weight excluding hydrogens is 322 g/mol. The van der Waals surface area contributed by atoms with E-state index in [1.165, 1.54) is 14.2 Å². The van der Waals surface area contributed by atoms with Crippen molar-refractivity contribution in [2.45, 2.75) is 6.92 Å². The first kappa shape index (κ1) is 16.5. The van der Waals surface area contributed by atoms with Gasteiger partial charge in [0.2, 0.25) is 11.8 Å². The number of ether oxygens (including phenoxy) is 2. The molecule has 1 amide bonds. The number of rotatable bonds is 5. The predicted molar refractivity (Wildman–Crippen MR) is 92.0 cm³/mol. The van der Waals surface area contributed by atoms with Crippen molar-refractivity contribution in [3.8, 4) is 23.0 Å². The monoisotopic (exact) mass is 339 g/mol. The predicted octanol–water partition coefficient (Wildman–Crippen LogP) is 3.31. The Morgan fingerprint density at radius 3 is 2.32 bits per heavy atom. The highest BCUT2D eigenvalue weighted by Gasteiger charge is 2.18. The fourth-order valence-electron chi connectivity index (χ4n) is 2.41. The van der Waals surface area contributed by atoms with Gasteiger partial charge in [-0.15, -0.1) is 10.2 Å². The molecule has 7 nitrogen and oxygen atoms in total. The highest BCUT2D eigenvalue weighted by atomic mass is 16.5. The molecule has 0 fully saturated rings. The van der Waals surface area contributed by atoms with Crippen molar-refractivity contribution in [2.75, 3.05) is 19.5 Å². The van der Waals surface area contributed by atoms with Gasteiger partial charge in [-0.2, -0.15) is 0 Å². The fraction of sp³-hybridized carbons (Fsp3) is 0.167. The van der Waals surface area contributed by atoms with Crippen molar-refractivity contribution >= 4 is 11.6 Å². The number of carbonyl (C=O) groups excluding carboxylic acids is 1. The van der Waals surface area contributed by atoms with E-state index in [2.05, 4.69) is 15.5 Å². The Morgan fingerprint density at radius 2 is 1.72 bits per heavy atom. The maximum absolute atomic E-state index is 12.7. The fourth-order valence-corrected chi connectivity index (χ4v) is 2.41. The van der Waals surface area contributed by atoms with Gasteiger partial charge in [-0.25, -0.2) is 0 Å². The summed E-state index contributed by atoms with van der Waals surface area (Å²) in [6, 6.07) is 12.3. The second kappa shape index (κ2) is 7.04. The zero-order valence-electron chi connectivity index (χ0n) is 14.1. The van der Waals surface area contributed by atoms with E-state index < -0.39 is 0 Å². The molecule has 0 unspecified atom stereocenters. The highest BCUT2D eigenvalue weighted by Crippen LogP contribution is 2.29. The number of amides is 1. The van der Waals surface area contributed by atoms with Crippen LogP contribution < -0.4 is 14.8 Å². The average Bonchev–Trinajstić information content (AvgIpc) is 3.07. The second-order valence-electron chi connectivity index (χ2n) is 5.20. The Balaban J connectivity index is 1.89. The van der Waals surface area contributed by atoms with Crippen LogP contribution in [0.3, 0.4) is 0 Å². The molecule has 1 heterocycles. The Kier molecular flexibility index (Phi) is 4.65. The third-order valence-corrected chi connectivity index (χ3v) is 3.55. The number of nitrogens with one attached hydrogen (secondary N) is 1. The van der Waals surface area contributed by atoms with E-state index in [0.29, 0.717) is 40.1 Å². The number of carbonyl (C=O) groups is 1. The third kappa shape index (κ3) is 3.45. The minimum absolute atomic E-state index is 0.325. The summed E-state index contributed by atoms with van der Waals surface area (Å²) in [6.45, 7) is 1.72. The number of hydrogen-bond donors (Lipinski definition) is 1. The molecule has 2 aromatic carbocycles. The normalized spacial score (nSPS) is 10.4. The van der Waals surface area contributed by atoms with Crippen LogP contribution in [0.1, 0.15) is 16.2 Å². The van der Waals surface area contributed by atoms with Gasteiger partial charge in [0.1, 0.15) is 17.1 Å². The summed E-state index contributed by atoms with van der Waals surface area (Å²) in [5.74, 6) is 1.39. The van der Waals surface area contributed by atoms with Crippen LogP contribution >= 0.6 is 0 Å². The molecule has 0 bridgehead atoms. The van der Waals surface area contributed by atoms with Gasteiger partial charge in [-0.3, -0.25) is 4.79 Å². The van der Waals surface area contributed by atoms with E-state index in [0.717, 1.165) is 0 Å². The molecule has 0 saturated carbocycles. The summed E-state index contributed by atoms with van der Waals surface area (Å²) in [7, 11) is 3.01. The van der Waals surface area contributed by atoms with Gasteiger partial charge in [0.05, 0.1) is 14.2 Å². The molecule has 1 N–H and O–H groups in total. The van der Waals surface area contributed by atoms with Gasteiger partial charge >= 0.3 is 0 Å². The lowest BCUT2D eigenvalue weighted by atomic mass is 10.1. The largest absolute Gasteiger partial charge is 0.496 e. The van der Waals surface area contributed by atoms with E-state index >= 15 is 0 Å². The Morgan fingerprint density at radius 1 is 1.04 bits per heavy atom. The Bertz CT molecular complexity index is 883. The molecule has 3 aromatic rings. The summed E-state index contributed by atoms with van der Waals surface area (Å²) in [5, 5.41) is 10.6. The average molecular weight is 339 g/mol. The maximum atomic E-state index is 12.7. The molecule has 0 aliphatic carbocycles. The smallest absolute Gasteiger partial charge is 0.263 e. The Hall–Kier alpha value is -3.35. The van der Waals surface area contributed by atoms with Crippen molar-refractivity contribution in [1.82, 2.24) is 10.2 Å². The van der Waals surface area contributed by atoms with Crippen LogP contribution in [0, 0.1) is 6.92 Å². The molecule has 0 aliphatic heterocycles. The van der Waals surface area contributed by atoms with Crippen molar-refractivity contribution in [3.63, 3.8) is 0 Å². The maximum Gasteiger partial charge on any atom is 0.263 e. The van der Waals surface area contributed by atoms with Crippen LogP contribution in [0.4, 0.5) is 5.69 Å². The van der Waals surface area contributed by atoms with Gasteiger partial charge < -0.3 is 19.2 Å². The van der Waals surface area contributed by atoms with Gasteiger partial charge in [-0.05, 0) is 30.3 Å². The molecule has 128 valence electrons. The van der Waals surface area contributed by atoms with Crippen LogP contribution in [0.5, 0.6) is 11.5 Å². The van der Waals surface area contributed by atoms with Gasteiger partial charge in [0, 0.05) is 18.2 Å². The summed E-state index contributed by atoms with van der Waals surface area (Å²) in [5.41, 5.74) is 1.63. The van der Waals surface area contributed by atoms with Gasteiger partial charge in [0.15, 0.2) is 0 Å². The summed E-state index contributed by atoms with van der Waals surface area (Å²) >= 11 is 0. The van der Waals surface area contributed by atoms with Crippen LogP contribution in [-0.2, 0) is 0 Å². The summed E-state index contributed by atoms with van der Waals surface area (Å²) in [4.78, 5) is 12.7. The van der Waals surface area contributed by atoms with E-state index in [4.69, 9.17) is 13.9 Å². The SMILES string of the molecule is COc1cccc(OC)c1C(=O)Nc1cccc(-c2nnc(C)o2)c1. The number of benzene rings is 2. The van der Waals surface area contributed by atoms with E-state index in [1.54, 1.807) is 43.3 Å². The number of anilines is 1. The number of aromatic nitrogens is 2. The first-order valence-corrected chi connectivity index (χ1v) is 7.55. The Labute approximate surface area is 144 Å². The van der Waals surface area contributed by atoms with E-state index in [-0.39, 0.29) is 5.91 Å². The molecule has 0 spiro atoms. The number of methoxy groups -OCH3 is 2. The minimum atomic E-state index is -0.340. The van der Waals surface area contributed by atoms with E-state index in [1.807, 2.05) is 6.07 Å². The summed E-state index contributed by atoms with van der Waals surface area (Å²) in [6.07, 6.45) is 0. The molecular formula is C18H17N3O4. The lowest BCUT2D eigenvalue weighted by Crippen LogP contribution is -2.14. The highest BCUT2D eigenvalue weighted by molar-refractivity contribution is 6.08. The molecule has 0 atom stereocenters. The zero-order valence-corrected chi connectivity index (χ0v) is 14.1. The quantitative estimate of drug-likeness (QED) is 0.767. The summed E-state index contributed by atoms with van der Waals surface area (Å²) < 4.78 is 15.9. The molecule has 25 heavy (non-hydrogen) atoms. The molecule has 1 aromatic heterocycles. The molecule has 0 aliphatic rings. The number of aryl methyl sites for hydroxylation is 1. The standard InChI is InChI=1S/C18H17N3O4/c1-11-20-21-18(25-11)12-6-4-7-13(10-12)19-17(22)16-14(23-2)8-5-9-15(16)24-3/h4-10H,1-3H3,(H,19,22). The van der Waals surface area contributed by atoms with Gasteiger partial charge in [0.25, 0.3) is 5.91 Å². The van der Waals surface area contributed by atoms with Crippen LogP contribution in [0.25, 0.3) is 11.5 Å². The van der Waals surface area contributed by atoms with Crippen molar-refractivity contribution in [2.24, 2.45) is 0 Å². The first-order chi connectivity index (χ1) is 12.1. The lowest BCUT2D eigenvalue weighted by molar-refractivity contribution is 0.102. The van der Waals surface area contributed by atoms with Crippen molar-refractivity contribution < 1.29 is 18.7 Å².